The lowest BCUT2D eigenvalue weighted by Gasteiger charge is -2.33. The summed E-state index contributed by atoms with van der Waals surface area (Å²) in [5, 5.41) is 2.38. The van der Waals surface area contributed by atoms with Gasteiger partial charge in [0, 0.05) is 0 Å². The van der Waals surface area contributed by atoms with Crippen LogP contribution in [0.4, 0.5) is 0 Å². The molecule has 0 aromatic heterocycles. The fraction of sp³-hybridized carbons (Fsp3) is 0.250. The molecule has 3 heteroatoms. The number of allylic oxidation sites excluding steroid dienone is 2. The van der Waals surface area contributed by atoms with E-state index >= 15 is 0 Å². The van der Waals surface area contributed by atoms with Gasteiger partial charge in [-0.3, -0.25) is 0 Å². The Morgan fingerprint density at radius 2 is 1.48 bits per heavy atom. The maximum atomic E-state index is 11.3. The molecular weight excluding hydrogens is 300 g/mol. The quantitative estimate of drug-likeness (QED) is 0.444. The molecule has 0 N–H and O–H groups in total. The molecule has 0 saturated carbocycles. The van der Waals surface area contributed by atoms with Crippen molar-refractivity contribution in [1.29, 1.82) is 0 Å². The number of hydrogen-bond acceptors (Lipinski definition) is 2. The summed E-state index contributed by atoms with van der Waals surface area (Å²) >= 11 is 0. The molecule has 0 heterocycles. The molecule has 0 amide bonds. The third kappa shape index (κ3) is 4.27. The number of carbonyl (C=O) groups excluding carboxylic acids is 1. The van der Waals surface area contributed by atoms with Crippen molar-refractivity contribution in [3.63, 3.8) is 0 Å². The Balaban J connectivity index is 2.62. The lowest BCUT2D eigenvalue weighted by molar-refractivity contribution is -0.113. The van der Waals surface area contributed by atoms with Gasteiger partial charge in [0.15, 0.2) is 0 Å². The molecule has 2 aromatic rings. The van der Waals surface area contributed by atoms with E-state index in [1.807, 2.05) is 43.3 Å². The third-order valence-electron chi connectivity index (χ3n) is 3.86. The summed E-state index contributed by atoms with van der Waals surface area (Å²) in [5.74, 6) is 0. The van der Waals surface area contributed by atoms with Crippen LogP contribution in [-0.4, -0.2) is 20.7 Å². The zero-order valence-electron chi connectivity index (χ0n) is 14.0. The van der Waals surface area contributed by atoms with Crippen LogP contribution < -0.4 is 10.4 Å². The lowest BCUT2D eigenvalue weighted by atomic mass is 10.3. The first-order chi connectivity index (χ1) is 11.1. The number of carbonyl (C=O) groups is 1. The fourth-order valence-electron chi connectivity index (χ4n) is 2.69. The van der Waals surface area contributed by atoms with E-state index in [9.17, 15) is 4.79 Å². The largest absolute Gasteiger partial charge is 0.398 e. The standard InChI is InChI=1S/C20H24O2Si/c1-17(2)14-15-23(22-18(3)16-21,19-10-6-4-7-11-19)20-12-8-5-9-13-20/h4-14,16,18H,15H2,1-3H3/t18-/m0/s1. The van der Waals surface area contributed by atoms with E-state index in [0.29, 0.717) is 0 Å². The zero-order valence-corrected chi connectivity index (χ0v) is 15.0. The lowest BCUT2D eigenvalue weighted by Crippen LogP contribution is -2.61. The normalized spacial score (nSPS) is 12.5. The van der Waals surface area contributed by atoms with Crippen molar-refractivity contribution in [1.82, 2.24) is 0 Å². The van der Waals surface area contributed by atoms with Crippen molar-refractivity contribution in [2.75, 3.05) is 0 Å². The SMILES string of the molecule is CC(C)=CC[Si](O[C@@H](C)C=O)(c1ccccc1)c1ccccc1. The van der Waals surface area contributed by atoms with E-state index in [-0.39, 0.29) is 0 Å². The molecule has 0 bridgehead atoms. The predicted molar refractivity (Wildman–Crippen MR) is 98.8 cm³/mol. The van der Waals surface area contributed by atoms with E-state index < -0.39 is 14.4 Å². The predicted octanol–water partition coefficient (Wildman–Crippen LogP) is 3.32. The molecule has 0 unspecified atom stereocenters. The summed E-state index contributed by atoms with van der Waals surface area (Å²) in [4.78, 5) is 11.3. The van der Waals surface area contributed by atoms with Crippen molar-refractivity contribution in [3.8, 4) is 0 Å². The second kappa shape index (κ2) is 8.04. The van der Waals surface area contributed by atoms with Crippen LogP contribution in [0.2, 0.25) is 6.04 Å². The van der Waals surface area contributed by atoms with E-state index in [0.717, 1.165) is 12.3 Å². The van der Waals surface area contributed by atoms with Gasteiger partial charge in [-0.15, -0.1) is 0 Å². The van der Waals surface area contributed by atoms with Crippen LogP contribution in [0.5, 0.6) is 0 Å². The highest BCUT2D eigenvalue weighted by atomic mass is 28.4. The minimum absolute atomic E-state index is 0.423. The molecule has 0 aliphatic heterocycles. The second-order valence-electron chi connectivity index (χ2n) is 6.00. The van der Waals surface area contributed by atoms with E-state index in [2.05, 4.69) is 44.2 Å². The van der Waals surface area contributed by atoms with Gasteiger partial charge in [-0.2, -0.15) is 0 Å². The molecule has 2 rings (SSSR count). The van der Waals surface area contributed by atoms with Gasteiger partial charge >= 0.3 is 0 Å². The molecule has 0 saturated heterocycles. The number of hydrogen-bond donors (Lipinski definition) is 0. The van der Waals surface area contributed by atoms with E-state index in [1.165, 1.54) is 15.9 Å². The van der Waals surface area contributed by atoms with Gasteiger partial charge < -0.3 is 9.22 Å². The number of aldehydes is 1. The Morgan fingerprint density at radius 1 is 1.00 bits per heavy atom. The van der Waals surface area contributed by atoms with Crippen molar-refractivity contribution in [2.45, 2.75) is 32.9 Å². The monoisotopic (exact) mass is 324 g/mol. The van der Waals surface area contributed by atoms with Gasteiger partial charge in [-0.25, -0.2) is 0 Å². The van der Waals surface area contributed by atoms with Crippen molar-refractivity contribution in [2.24, 2.45) is 0 Å². The summed E-state index contributed by atoms with van der Waals surface area (Å²) in [7, 11) is -2.50. The summed E-state index contributed by atoms with van der Waals surface area (Å²) in [5.41, 5.74) is 1.26. The molecule has 2 nitrogen and oxygen atoms in total. The first-order valence-corrected chi connectivity index (χ1v) is 10.1. The van der Waals surface area contributed by atoms with Gasteiger partial charge in [0.1, 0.15) is 6.29 Å². The number of rotatable bonds is 7. The summed E-state index contributed by atoms with van der Waals surface area (Å²) in [6.45, 7) is 6.01. The summed E-state index contributed by atoms with van der Waals surface area (Å²) in [6, 6.07) is 21.5. The second-order valence-corrected chi connectivity index (χ2v) is 9.46. The van der Waals surface area contributed by atoms with Crippen LogP contribution in [0.1, 0.15) is 20.8 Å². The Labute approximate surface area is 139 Å². The molecule has 2 aromatic carbocycles. The Bertz CT molecular complexity index is 606. The molecule has 23 heavy (non-hydrogen) atoms. The molecule has 0 aliphatic rings. The van der Waals surface area contributed by atoms with Gasteiger partial charge in [-0.05, 0) is 37.2 Å². The zero-order chi connectivity index (χ0) is 16.7. The van der Waals surface area contributed by atoms with Crippen LogP contribution in [0, 0.1) is 0 Å². The van der Waals surface area contributed by atoms with Crippen molar-refractivity contribution in [3.05, 3.63) is 72.3 Å². The van der Waals surface area contributed by atoms with Crippen LogP contribution >= 0.6 is 0 Å². The highest BCUT2D eigenvalue weighted by Gasteiger charge is 2.40. The minimum Gasteiger partial charge on any atom is -0.398 e. The Hall–Kier alpha value is -1.97. The molecule has 0 radical (unpaired) electrons. The Kier molecular flexibility index (Phi) is 6.08. The molecule has 0 fully saturated rings. The highest BCUT2D eigenvalue weighted by molar-refractivity contribution is 6.97. The maximum absolute atomic E-state index is 11.3. The molecular formula is C20H24O2Si. The molecule has 120 valence electrons. The van der Waals surface area contributed by atoms with E-state index in [4.69, 9.17) is 4.43 Å². The van der Waals surface area contributed by atoms with Crippen LogP contribution in [0.25, 0.3) is 0 Å². The Morgan fingerprint density at radius 3 is 1.87 bits per heavy atom. The van der Waals surface area contributed by atoms with Gasteiger partial charge in [0.05, 0.1) is 6.10 Å². The fourth-order valence-corrected chi connectivity index (χ4v) is 6.72. The molecule has 0 spiro atoms. The van der Waals surface area contributed by atoms with Gasteiger partial charge in [-0.1, -0.05) is 72.3 Å². The maximum Gasteiger partial charge on any atom is 0.260 e. The third-order valence-corrected chi connectivity index (χ3v) is 7.94. The average molecular weight is 324 g/mol. The summed E-state index contributed by atoms with van der Waals surface area (Å²) < 4.78 is 6.44. The molecule has 1 atom stereocenters. The highest BCUT2D eigenvalue weighted by Crippen LogP contribution is 2.17. The van der Waals surface area contributed by atoms with Crippen LogP contribution in [0.3, 0.4) is 0 Å². The first kappa shape index (κ1) is 17.4. The van der Waals surface area contributed by atoms with Crippen LogP contribution in [-0.2, 0) is 9.22 Å². The molecule has 0 aliphatic carbocycles. The van der Waals surface area contributed by atoms with Crippen LogP contribution in [0.15, 0.2) is 72.3 Å². The number of benzene rings is 2. The topological polar surface area (TPSA) is 26.3 Å². The van der Waals surface area contributed by atoms with Crippen molar-refractivity contribution >= 4 is 25.0 Å². The van der Waals surface area contributed by atoms with Crippen molar-refractivity contribution < 1.29 is 9.22 Å². The van der Waals surface area contributed by atoms with Gasteiger partial charge in [0.2, 0.25) is 0 Å². The average Bonchev–Trinajstić information content (AvgIpc) is 2.60. The smallest absolute Gasteiger partial charge is 0.260 e. The first-order valence-electron chi connectivity index (χ1n) is 7.96. The van der Waals surface area contributed by atoms with Gasteiger partial charge in [0.25, 0.3) is 8.32 Å². The van der Waals surface area contributed by atoms with E-state index in [1.54, 1.807) is 0 Å². The minimum atomic E-state index is -2.50. The summed E-state index contributed by atoms with van der Waals surface area (Å²) in [6.07, 6.45) is 2.69.